The number of nitrogens with one attached hydrogen (secondary N) is 2. The smallest absolute Gasteiger partial charge is 0.261 e. The van der Waals surface area contributed by atoms with Gasteiger partial charge in [-0.3, -0.25) is 9.52 Å². The van der Waals surface area contributed by atoms with Crippen molar-refractivity contribution in [3.63, 3.8) is 0 Å². The van der Waals surface area contributed by atoms with Crippen LogP contribution in [0.25, 0.3) is 0 Å². The second-order valence-corrected chi connectivity index (χ2v) is 8.51. The van der Waals surface area contributed by atoms with Gasteiger partial charge in [0, 0.05) is 16.9 Å². The first-order chi connectivity index (χ1) is 14.4. The van der Waals surface area contributed by atoms with E-state index in [1.165, 1.54) is 12.1 Å². The van der Waals surface area contributed by atoms with Gasteiger partial charge in [-0.15, -0.1) is 0 Å². The largest absolute Gasteiger partial charge is 0.494 e. The summed E-state index contributed by atoms with van der Waals surface area (Å²) in [5.41, 5.74) is 2.44. The number of benzene rings is 3. The summed E-state index contributed by atoms with van der Waals surface area (Å²) >= 11 is 0. The number of carbonyl (C=O) groups excluding carboxylic acids is 1. The van der Waals surface area contributed by atoms with Crippen LogP contribution in [-0.2, 0) is 10.0 Å². The number of hydrogen-bond donors (Lipinski definition) is 2. The van der Waals surface area contributed by atoms with Gasteiger partial charge in [-0.25, -0.2) is 8.42 Å². The molecule has 30 heavy (non-hydrogen) atoms. The molecule has 3 rings (SSSR count). The Morgan fingerprint density at radius 1 is 0.933 bits per heavy atom. The van der Waals surface area contributed by atoms with Crippen LogP contribution in [0, 0.1) is 6.92 Å². The summed E-state index contributed by atoms with van der Waals surface area (Å²) in [7, 11) is -3.72. The van der Waals surface area contributed by atoms with Gasteiger partial charge in [0.05, 0.1) is 11.5 Å². The minimum atomic E-state index is -3.72. The normalized spacial score (nSPS) is 11.0. The van der Waals surface area contributed by atoms with Crippen LogP contribution in [0.4, 0.5) is 11.4 Å². The second-order valence-electron chi connectivity index (χ2n) is 6.83. The molecule has 0 spiro atoms. The standard InChI is InChI=1S/C23H24N2O4S/c1-3-15-29-21-11-7-18(8-12-21)23(26)24-19-9-13-22(14-10-19)30(27,28)25-20-6-4-5-17(2)16-20/h4-14,16,25H,3,15H2,1-2H3,(H,24,26). The number of ether oxygens (including phenoxy) is 1. The van der Waals surface area contributed by atoms with Crippen molar-refractivity contribution in [2.45, 2.75) is 25.2 Å². The maximum Gasteiger partial charge on any atom is 0.261 e. The van der Waals surface area contributed by atoms with Crippen molar-refractivity contribution in [3.8, 4) is 5.75 Å². The summed E-state index contributed by atoms with van der Waals surface area (Å²) in [6, 6.07) is 20.0. The fourth-order valence-electron chi connectivity index (χ4n) is 2.77. The van der Waals surface area contributed by atoms with E-state index in [4.69, 9.17) is 4.74 Å². The number of hydrogen-bond acceptors (Lipinski definition) is 4. The first-order valence-corrected chi connectivity index (χ1v) is 11.1. The first-order valence-electron chi connectivity index (χ1n) is 9.61. The molecule has 0 aliphatic rings. The molecule has 6 nitrogen and oxygen atoms in total. The molecule has 156 valence electrons. The van der Waals surface area contributed by atoms with E-state index >= 15 is 0 Å². The molecule has 0 bridgehead atoms. The molecule has 0 saturated carbocycles. The molecular formula is C23H24N2O4S. The molecule has 0 unspecified atom stereocenters. The van der Waals surface area contributed by atoms with Crippen LogP contribution in [0.15, 0.2) is 77.7 Å². The Bertz CT molecular complexity index is 1110. The number of rotatable bonds is 8. The maximum absolute atomic E-state index is 12.6. The predicted octanol–water partition coefficient (Wildman–Crippen LogP) is 4.84. The van der Waals surface area contributed by atoms with Crippen LogP contribution in [-0.4, -0.2) is 20.9 Å². The van der Waals surface area contributed by atoms with Gasteiger partial charge in [-0.2, -0.15) is 0 Å². The summed E-state index contributed by atoms with van der Waals surface area (Å²) in [6.45, 7) is 4.54. The molecule has 0 radical (unpaired) electrons. The van der Waals surface area contributed by atoms with Crippen molar-refractivity contribution in [2.24, 2.45) is 0 Å². The van der Waals surface area contributed by atoms with Gasteiger partial charge < -0.3 is 10.1 Å². The van der Waals surface area contributed by atoms with Crippen molar-refractivity contribution in [2.75, 3.05) is 16.6 Å². The molecule has 3 aromatic rings. The molecule has 0 aliphatic carbocycles. The van der Waals surface area contributed by atoms with Crippen LogP contribution < -0.4 is 14.8 Å². The lowest BCUT2D eigenvalue weighted by atomic mass is 10.2. The number of sulfonamides is 1. The molecule has 2 N–H and O–H groups in total. The lowest BCUT2D eigenvalue weighted by Crippen LogP contribution is -2.14. The highest BCUT2D eigenvalue weighted by Crippen LogP contribution is 2.20. The van der Waals surface area contributed by atoms with Crippen molar-refractivity contribution in [3.05, 3.63) is 83.9 Å². The van der Waals surface area contributed by atoms with Crippen molar-refractivity contribution in [1.29, 1.82) is 0 Å². The van der Waals surface area contributed by atoms with E-state index in [1.807, 2.05) is 19.9 Å². The van der Waals surface area contributed by atoms with E-state index in [2.05, 4.69) is 10.0 Å². The summed E-state index contributed by atoms with van der Waals surface area (Å²) in [5.74, 6) is 0.426. The quantitative estimate of drug-likeness (QED) is 0.542. The Labute approximate surface area is 177 Å². The van der Waals surface area contributed by atoms with E-state index in [1.54, 1.807) is 54.6 Å². The number of anilines is 2. The average molecular weight is 425 g/mol. The number of amides is 1. The molecular weight excluding hydrogens is 400 g/mol. The van der Waals surface area contributed by atoms with Gasteiger partial charge in [0.2, 0.25) is 0 Å². The maximum atomic E-state index is 12.6. The summed E-state index contributed by atoms with van der Waals surface area (Å²) in [6.07, 6.45) is 0.911. The average Bonchev–Trinajstić information content (AvgIpc) is 2.72. The zero-order chi connectivity index (χ0) is 21.6. The molecule has 7 heteroatoms. The zero-order valence-electron chi connectivity index (χ0n) is 16.9. The monoisotopic (exact) mass is 424 g/mol. The summed E-state index contributed by atoms with van der Waals surface area (Å²) < 4.78 is 33.2. The van der Waals surface area contributed by atoms with Crippen LogP contribution in [0.3, 0.4) is 0 Å². The number of carbonyl (C=O) groups is 1. The lowest BCUT2D eigenvalue weighted by Gasteiger charge is -2.10. The highest BCUT2D eigenvalue weighted by atomic mass is 32.2. The predicted molar refractivity (Wildman–Crippen MR) is 119 cm³/mol. The molecule has 0 saturated heterocycles. The Hall–Kier alpha value is -3.32. The Morgan fingerprint density at radius 3 is 2.27 bits per heavy atom. The summed E-state index contributed by atoms with van der Waals surface area (Å²) in [5, 5.41) is 2.76. The van der Waals surface area contributed by atoms with Crippen molar-refractivity contribution in [1.82, 2.24) is 0 Å². The van der Waals surface area contributed by atoms with Gasteiger partial charge in [0.15, 0.2) is 0 Å². The Balaban J connectivity index is 1.65. The minimum absolute atomic E-state index is 0.111. The van der Waals surface area contributed by atoms with Gasteiger partial charge >= 0.3 is 0 Å². The van der Waals surface area contributed by atoms with E-state index in [-0.39, 0.29) is 10.8 Å². The molecule has 0 aromatic heterocycles. The first kappa shape index (κ1) is 21.4. The Morgan fingerprint density at radius 2 is 1.63 bits per heavy atom. The highest BCUT2D eigenvalue weighted by Gasteiger charge is 2.15. The zero-order valence-corrected chi connectivity index (χ0v) is 17.7. The lowest BCUT2D eigenvalue weighted by molar-refractivity contribution is 0.102. The van der Waals surface area contributed by atoms with Crippen LogP contribution >= 0.6 is 0 Å². The van der Waals surface area contributed by atoms with E-state index in [9.17, 15) is 13.2 Å². The van der Waals surface area contributed by atoms with E-state index in [0.29, 0.717) is 29.3 Å². The third-order valence-corrected chi connectivity index (χ3v) is 5.68. The van der Waals surface area contributed by atoms with Gasteiger partial charge in [-0.1, -0.05) is 19.1 Å². The van der Waals surface area contributed by atoms with Crippen LogP contribution in [0.5, 0.6) is 5.75 Å². The van der Waals surface area contributed by atoms with Crippen molar-refractivity contribution < 1.29 is 17.9 Å². The molecule has 0 atom stereocenters. The summed E-state index contributed by atoms with van der Waals surface area (Å²) in [4.78, 5) is 12.5. The fourth-order valence-corrected chi connectivity index (χ4v) is 3.82. The van der Waals surface area contributed by atoms with Gasteiger partial charge in [0.1, 0.15) is 5.75 Å². The highest BCUT2D eigenvalue weighted by molar-refractivity contribution is 7.92. The SMILES string of the molecule is CCCOc1ccc(C(=O)Nc2ccc(S(=O)(=O)Nc3cccc(C)c3)cc2)cc1. The third kappa shape index (κ3) is 5.61. The third-order valence-electron chi connectivity index (χ3n) is 4.28. The van der Waals surface area contributed by atoms with E-state index < -0.39 is 10.0 Å². The minimum Gasteiger partial charge on any atom is -0.494 e. The van der Waals surface area contributed by atoms with E-state index in [0.717, 1.165) is 12.0 Å². The molecule has 0 fully saturated rings. The molecule has 0 aliphatic heterocycles. The molecule has 1 amide bonds. The topological polar surface area (TPSA) is 84.5 Å². The second kappa shape index (κ2) is 9.45. The van der Waals surface area contributed by atoms with Crippen LogP contribution in [0.2, 0.25) is 0 Å². The van der Waals surface area contributed by atoms with Gasteiger partial charge in [0.25, 0.3) is 15.9 Å². The van der Waals surface area contributed by atoms with Crippen LogP contribution in [0.1, 0.15) is 29.3 Å². The van der Waals surface area contributed by atoms with Crippen molar-refractivity contribution >= 4 is 27.3 Å². The molecule has 3 aromatic carbocycles. The van der Waals surface area contributed by atoms with Gasteiger partial charge in [-0.05, 0) is 79.6 Å². The number of aryl methyl sites for hydroxylation is 1. The fraction of sp³-hybridized carbons (Fsp3) is 0.174. The Kier molecular flexibility index (Phi) is 6.74. The molecule has 0 heterocycles.